The first-order valence-corrected chi connectivity index (χ1v) is 7.02. The minimum atomic E-state index is -0.839. The van der Waals surface area contributed by atoms with E-state index in [4.69, 9.17) is 9.84 Å². The van der Waals surface area contributed by atoms with Crippen molar-refractivity contribution in [1.82, 2.24) is 0 Å². The van der Waals surface area contributed by atoms with E-state index in [2.05, 4.69) is 0 Å². The van der Waals surface area contributed by atoms with Gasteiger partial charge in [-0.15, -0.1) is 0 Å². The standard InChI is InChI=1S/C17H21NO3/c1-18(2,3)12-14(11-17(19)20)21-16-10-6-8-13-7-4-5-9-15(13)16/h4-10,14H,11-12H2,1-3H3/p+1/t14-/m1/s1. The normalized spacial score (nSPS) is 13.1. The molecule has 0 aromatic heterocycles. The number of quaternary nitrogens is 1. The second kappa shape index (κ2) is 6.14. The van der Waals surface area contributed by atoms with Crippen molar-refractivity contribution >= 4 is 16.7 Å². The number of hydrogen-bond donors (Lipinski definition) is 1. The van der Waals surface area contributed by atoms with Gasteiger partial charge in [-0.05, 0) is 11.5 Å². The Kier molecular flexibility index (Phi) is 4.48. The zero-order valence-electron chi connectivity index (χ0n) is 12.7. The summed E-state index contributed by atoms with van der Waals surface area (Å²) in [4.78, 5) is 11.1. The molecule has 0 saturated carbocycles. The van der Waals surface area contributed by atoms with Crippen LogP contribution < -0.4 is 4.74 Å². The molecule has 0 saturated heterocycles. The van der Waals surface area contributed by atoms with Crippen LogP contribution >= 0.6 is 0 Å². The quantitative estimate of drug-likeness (QED) is 0.831. The molecule has 21 heavy (non-hydrogen) atoms. The number of carboxylic acids is 1. The van der Waals surface area contributed by atoms with Crippen LogP contribution in [0.15, 0.2) is 42.5 Å². The molecule has 2 aromatic rings. The molecule has 1 N–H and O–H groups in total. The Labute approximate surface area is 125 Å². The molecule has 0 heterocycles. The van der Waals surface area contributed by atoms with Gasteiger partial charge in [0.05, 0.1) is 27.6 Å². The Morgan fingerprint density at radius 2 is 1.81 bits per heavy atom. The van der Waals surface area contributed by atoms with E-state index in [0.29, 0.717) is 11.0 Å². The van der Waals surface area contributed by atoms with Crippen LogP contribution in [0.4, 0.5) is 0 Å². The van der Waals surface area contributed by atoms with Gasteiger partial charge < -0.3 is 14.3 Å². The van der Waals surface area contributed by atoms with Crippen LogP contribution in [0.5, 0.6) is 5.75 Å². The molecule has 2 rings (SSSR count). The monoisotopic (exact) mass is 288 g/mol. The van der Waals surface area contributed by atoms with Crippen molar-refractivity contribution in [2.75, 3.05) is 27.7 Å². The lowest BCUT2D eigenvalue weighted by molar-refractivity contribution is -0.873. The van der Waals surface area contributed by atoms with E-state index in [-0.39, 0.29) is 12.5 Å². The Bertz CT molecular complexity index is 626. The molecular formula is C17H22NO3+. The van der Waals surface area contributed by atoms with Crippen molar-refractivity contribution in [2.45, 2.75) is 12.5 Å². The van der Waals surface area contributed by atoms with Gasteiger partial charge in [0, 0.05) is 5.39 Å². The molecule has 0 unspecified atom stereocenters. The topological polar surface area (TPSA) is 46.5 Å². The van der Waals surface area contributed by atoms with Crippen molar-refractivity contribution in [3.63, 3.8) is 0 Å². The number of hydrogen-bond acceptors (Lipinski definition) is 2. The summed E-state index contributed by atoms with van der Waals surface area (Å²) in [5.74, 6) is -0.0958. The molecule has 4 nitrogen and oxygen atoms in total. The summed E-state index contributed by atoms with van der Waals surface area (Å²) in [6.45, 7) is 0.634. The third-order valence-electron chi connectivity index (χ3n) is 3.20. The summed E-state index contributed by atoms with van der Waals surface area (Å²) < 4.78 is 6.67. The van der Waals surface area contributed by atoms with E-state index in [9.17, 15) is 4.79 Å². The van der Waals surface area contributed by atoms with E-state index < -0.39 is 5.97 Å². The number of fused-ring (bicyclic) bond motifs is 1. The number of carboxylic acid groups (broad SMARTS) is 1. The largest absolute Gasteiger partial charge is 0.483 e. The Balaban J connectivity index is 2.27. The summed E-state index contributed by atoms with van der Waals surface area (Å²) >= 11 is 0. The predicted octanol–water partition coefficient (Wildman–Crippen LogP) is 2.77. The van der Waals surface area contributed by atoms with Crippen LogP contribution in [-0.2, 0) is 4.79 Å². The van der Waals surface area contributed by atoms with Gasteiger partial charge in [-0.2, -0.15) is 0 Å². The summed E-state index contributed by atoms with van der Waals surface area (Å²) in [6.07, 6.45) is -0.355. The zero-order valence-corrected chi connectivity index (χ0v) is 12.7. The molecule has 4 heteroatoms. The minimum absolute atomic E-state index is 0.00125. The van der Waals surface area contributed by atoms with Gasteiger partial charge in [-0.3, -0.25) is 4.79 Å². The first-order chi connectivity index (χ1) is 9.85. The van der Waals surface area contributed by atoms with Gasteiger partial charge in [-0.1, -0.05) is 36.4 Å². The van der Waals surface area contributed by atoms with Crippen molar-refractivity contribution in [3.8, 4) is 5.75 Å². The lowest BCUT2D eigenvalue weighted by Crippen LogP contribution is -2.44. The fourth-order valence-electron chi connectivity index (χ4n) is 2.43. The summed E-state index contributed by atoms with van der Waals surface area (Å²) in [7, 11) is 6.09. The average Bonchev–Trinajstić information content (AvgIpc) is 2.36. The number of aliphatic carboxylic acids is 1. The average molecular weight is 288 g/mol. The van der Waals surface area contributed by atoms with Crippen molar-refractivity contribution in [1.29, 1.82) is 0 Å². The Morgan fingerprint density at radius 3 is 2.48 bits per heavy atom. The van der Waals surface area contributed by atoms with Crippen molar-refractivity contribution in [3.05, 3.63) is 42.5 Å². The van der Waals surface area contributed by atoms with E-state index in [1.54, 1.807) is 0 Å². The SMILES string of the molecule is C[N+](C)(C)C[C@@H](CC(=O)O)Oc1cccc2ccccc12. The first-order valence-electron chi connectivity index (χ1n) is 7.02. The molecule has 0 fully saturated rings. The molecule has 0 spiro atoms. The summed E-state index contributed by atoms with van der Waals surface area (Å²) in [5, 5.41) is 11.2. The molecular weight excluding hydrogens is 266 g/mol. The van der Waals surface area contributed by atoms with E-state index in [1.165, 1.54) is 0 Å². The van der Waals surface area contributed by atoms with Gasteiger partial charge in [0.25, 0.3) is 0 Å². The molecule has 0 bridgehead atoms. The fraction of sp³-hybridized carbons (Fsp3) is 0.353. The summed E-state index contributed by atoms with van der Waals surface area (Å²) in [5.41, 5.74) is 0. The molecule has 112 valence electrons. The number of carbonyl (C=O) groups is 1. The molecule has 0 amide bonds. The van der Waals surface area contributed by atoms with Crippen LogP contribution in [0.3, 0.4) is 0 Å². The molecule has 2 aromatic carbocycles. The Hall–Kier alpha value is -2.07. The number of rotatable bonds is 6. The molecule has 0 aliphatic carbocycles. The van der Waals surface area contributed by atoms with Crippen LogP contribution in [0, 0.1) is 0 Å². The highest BCUT2D eigenvalue weighted by atomic mass is 16.5. The highest BCUT2D eigenvalue weighted by Crippen LogP contribution is 2.26. The third-order valence-corrected chi connectivity index (χ3v) is 3.20. The lowest BCUT2D eigenvalue weighted by Gasteiger charge is -2.29. The van der Waals surface area contributed by atoms with Gasteiger partial charge in [-0.25, -0.2) is 0 Å². The number of ether oxygens (including phenoxy) is 1. The van der Waals surface area contributed by atoms with Gasteiger partial charge in [0.2, 0.25) is 0 Å². The smallest absolute Gasteiger partial charge is 0.307 e. The second-order valence-electron chi connectivity index (χ2n) is 6.29. The van der Waals surface area contributed by atoms with Crippen LogP contribution in [-0.4, -0.2) is 49.4 Å². The Morgan fingerprint density at radius 1 is 1.14 bits per heavy atom. The van der Waals surface area contributed by atoms with Crippen LogP contribution in [0.2, 0.25) is 0 Å². The first kappa shape index (κ1) is 15.3. The molecule has 1 atom stereocenters. The predicted molar refractivity (Wildman–Crippen MR) is 83.5 cm³/mol. The highest BCUT2D eigenvalue weighted by molar-refractivity contribution is 5.88. The summed E-state index contributed by atoms with van der Waals surface area (Å²) in [6, 6.07) is 13.8. The molecule has 0 radical (unpaired) electrons. The van der Waals surface area contributed by atoms with Crippen molar-refractivity contribution < 1.29 is 19.1 Å². The molecule has 0 aliphatic rings. The maximum atomic E-state index is 11.1. The van der Waals surface area contributed by atoms with E-state index in [1.807, 2.05) is 63.6 Å². The highest BCUT2D eigenvalue weighted by Gasteiger charge is 2.23. The lowest BCUT2D eigenvalue weighted by atomic mass is 10.1. The number of benzene rings is 2. The van der Waals surface area contributed by atoms with E-state index >= 15 is 0 Å². The fourth-order valence-corrected chi connectivity index (χ4v) is 2.43. The van der Waals surface area contributed by atoms with Crippen molar-refractivity contribution in [2.24, 2.45) is 0 Å². The zero-order chi connectivity index (χ0) is 15.5. The number of likely N-dealkylation sites (N-methyl/N-ethyl adjacent to an activating group) is 1. The molecule has 0 aliphatic heterocycles. The minimum Gasteiger partial charge on any atom is -0.483 e. The van der Waals surface area contributed by atoms with Crippen LogP contribution in [0.25, 0.3) is 10.8 Å². The third kappa shape index (κ3) is 4.46. The number of nitrogens with zero attached hydrogens (tertiary/aromatic N) is 1. The second-order valence-corrected chi connectivity index (χ2v) is 6.29. The van der Waals surface area contributed by atoms with Gasteiger partial charge in [0.1, 0.15) is 12.3 Å². The maximum Gasteiger partial charge on any atom is 0.307 e. The maximum absolute atomic E-state index is 11.1. The van der Waals surface area contributed by atoms with Gasteiger partial charge >= 0.3 is 5.97 Å². The van der Waals surface area contributed by atoms with Crippen LogP contribution in [0.1, 0.15) is 6.42 Å². The van der Waals surface area contributed by atoms with Gasteiger partial charge in [0.15, 0.2) is 6.10 Å². The van der Waals surface area contributed by atoms with E-state index in [0.717, 1.165) is 16.5 Å².